The second kappa shape index (κ2) is 7.89. The van der Waals surface area contributed by atoms with Gasteiger partial charge in [0.2, 0.25) is 5.91 Å². The Bertz CT molecular complexity index is 738. The molecule has 0 unspecified atom stereocenters. The van der Waals surface area contributed by atoms with Crippen molar-refractivity contribution in [3.05, 3.63) is 51.5 Å². The van der Waals surface area contributed by atoms with Crippen LogP contribution in [0.3, 0.4) is 0 Å². The van der Waals surface area contributed by atoms with Gasteiger partial charge in [-0.2, -0.15) is 0 Å². The second-order valence-corrected chi connectivity index (χ2v) is 5.96. The van der Waals surface area contributed by atoms with Crippen LogP contribution in [0.1, 0.15) is 27.9 Å². The highest BCUT2D eigenvalue weighted by Gasteiger charge is 2.16. The van der Waals surface area contributed by atoms with E-state index in [1.807, 2.05) is 0 Å². The van der Waals surface area contributed by atoms with Crippen LogP contribution in [0.25, 0.3) is 6.08 Å². The van der Waals surface area contributed by atoms with Gasteiger partial charge in [-0.15, -0.1) is 0 Å². The molecule has 0 saturated heterocycles. The Balaban J connectivity index is 2.01. The molecule has 0 atom stereocenters. The van der Waals surface area contributed by atoms with E-state index in [9.17, 15) is 9.59 Å². The van der Waals surface area contributed by atoms with Gasteiger partial charge in [0.1, 0.15) is 4.88 Å². The highest BCUT2D eigenvalue weighted by Crippen LogP contribution is 2.23. The molecule has 1 amide bonds. The quantitative estimate of drug-likeness (QED) is 0.655. The zero-order valence-electron chi connectivity index (χ0n) is 12.6. The van der Waals surface area contributed by atoms with Gasteiger partial charge in [0.05, 0.1) is 12.3 Å². The molecule has 0 radical (unpaired) electrons. The van der Waals surface area contributed by atoms with E-state index < -0.39 is 5.97 Å². The van der Waals surface area contributed by atoms with E-state index in [0.717, 1.165) is 16.9 Å². The van der Waals surface area contributed by atoms with Crippen molar-refractivity contribution in [1.29, 1.82) is 0 Å². The van der Waals surface area contributed by atoms with Crippen LogP contribution in [-0.2, 0) is 9.53 Å². The summed E-state index contributed by atoms with van der Waals surface area (Å²) >= 11 is 6.89. The number of esters is 1. The van der Waals surface area contributed by atoms with Gasteiger partial charge in [-0.1, -0.05) is 35.1 Å². The molecule has 7 heteroatoms. The first-order valence-corrected chi connectivity index (χ1v) is 8.08. The first-order valence-electron chi connectivity index (χ1n) is 6.88. The second-order valence-electron chi connectivity index (χ2n) is 4.53. The molecule has 1 N–H and O–H groups in total. The summed E-state index contributed by atoms with van der Waals surface area (Å²) in [5, 5.41) is 3.62. The SMILES string of the molecule is CCOC(=O)c1sc(NC(=O)/C=C/c2ccc(Cl)cc2)nc1C. The van der Waals surface area contributed by atoms with Gasteiger partial charge in [-0.05, 0) is 37.6 Å². The Labute approximate surface area is 143 Å². The highest BCUT2D eigenvalue weighted by molar-refractivity contribution is 7.17. The number of aryl methyl sites for hydroxylation is 1. The van der Waals surface area contributed by atoms with Crippen molar-refractivity contribution in [2.24, 2.45) is 0 Å². The van der Waals surface area contributed by atoms with E-state index in [-0.39, 0.29) is 5.91 Å². The summed E-state index contributed by atoms with van der Waals surface area (Å²) in [5.74, 6) is -0.760. The topological polar surface area (TPSA) is 68.3 Å². The number of anilines is 1. The number of benzene rings is 1. The predicted molar refractivity (Wildman–Crippen MR) is 91.9 cm³/mol. The van der Waals surface area contributed by atoms with Gasteiger partial charge < -0.3 is 4.74 Å². The van der Waals surface area contributed by atoms with Crippen molar-refractivity contribution in [1.82, 2.24) is 4.98 Å². The van der Waals surface area contributed by atoms with Crippen molar-refractivity contribution in [2.45, 2.75) is 13.8 Å². The smallest absolute Gasteiger partial charge is 0.350 e. The van der Waals surface area contributed by atoms with Crippen LogP contribution in [0, 0.1) is 6.92 Å². The lowest BCUT2D eigenvalue weighted by molar-refractivity contribution is -0.111. The van der Waals surface area contributed by atoms with Gasteiger partial charge in [-0.25, -0.2) is 9.78 Å². The fourth-order valence-corrected chi connectivity index (χ4v) is 2.72. The Kier molecular flexibility index (Phi) is 5.90. The molecule has 1 aromatic heterocycles. The molecular formula is C16H15ClN2O3S. The number of hydrogen-bond donors (Lipinski definition) is 1. The average molecular weight is 351 g/mol. The first kappa shape index (κ1) is 17.2. The number of thiazole rings is 1. The number of aromatic nitrogens is 1. The summed E-state index contributed by atoms with van der Waals surface area (Å²) in [6.45, 7) is 3.72. The van der Waals surface area contributed by atoms with Crippen molar-refractivity contribution < 1.29 is 14.3 Å². The predicted octanol–water partition coefficient (Wildman–Crippen LogP) is 3.93. The lowest BCUT2D eigenvalue weighted by Gasteiger charge is -1.98. The first-order chi connectivity index (χ1) is 11.0. The normalized spacial score (nSPS) is 10.7. The Hall–Kier alpha value is -2.18. The minimum atomic E-state index is -0.431. The maximum absolute atomic E-state index is 11.9. The summed E-state index contributed by atoms with van der Waals surface area (Å²) in [7, 11) is 0. The summed E-state index contributed by atoms with van der Waals surface area (Å²) in [5.41, 5.74) is 1.39. The summed E-state index contributed by atoms with van der Waals surface area (Å²) in [6, 6.07) is 7.10. The van der Waals surface area contributed by atoms with Crippen LogP contribution in [-0.4, -0.2) is 23.5 Å². The van der Waals surface area contributed by atoms with E-state index in [2.05, 4.69) is 10.3 Å². The zero-order valence-corrected chi connectivity index (χ0v) is 14.2. The van der Waals surface area contributed by atoms with Gasteiger partial charge >= 0.3 is 5.97 Å². The molecule has 0 aliphatic carbocycles. The van der Waals surface area contributed by atoms with Gasteiger partial charge in [0.15, 0.2) is 5.13 Å². The third kappa shape index (κ3) is 4.91. The minimum absolute atomic E-state index is 0.293. The van der Waals surface area contributed by atoms with Crippen molar-refractivity contribution in [2.75, 3.05) is 11.9 Å². The number of amides is 1. The Morgan fingerprint density at radius 2 is 2.04 bits per heavy atom. The van der Waals surface area contributed by atoms with Crippen LogP contribution in [0.4, 0.5) is 5.13 Å². The molecule has 2 rings (SSSR count). The number of nitrogens with zero attached hydrogens (tertiary/aromatic N) is 1. The molecule has 120 valence electrons. The van der Waals surface area contributed by atoms with E-state index in [0.29, 0.717) is 27.3 Å². The molecule has 1 heterocycles. The fourth-order valence-electron chi connectivity index (χ4n) is 1.73. The number of hydrogen-bond acceptors (Lipinski definition) is 5. The van der Waals surface area contributed by atoms with Crippen molar-refractivity contribution in [3.8, 4) is 0 Å². The standard InChI is InChI=1S/C16H15ClN2O3S/c1-3-22-15(21)14-10(2)18-16(23-14)19-13(20)9-6-11-4-7-12(17)8-5-11/h4-9H,3H2,1-2H3,(H,18,19,20)/b9-6+. The average Bonchev–Trinajstić information content (AvgIpc) is 2.87. The number of nitrogens with one attached hydrogen (secondary N) is 1. The summed E-state index contributed by atoms with van der Waals surface area (Å²) < 4.78 is 4.94. The minimum Gasteiger partial charge on any atom is -0.462 e. The maximum Gasteiger partial charge on any atom is 0.350 e. The molecule has 1 aromatic carbocycles. The summed E-state index contributed by atoms with van der Waals surface area (Å²) in [6.07, 6.45) is 3.06. The highest BCUT2D eigenvalue weighted by atomic mass is 35.5. The Morgan fingerprint density at radius 3 is 2.70 bits per heavy atom. The van der Waals surface area contributed by atoms with E-state index in [1.54, 1.807) is 44.2 Å². The van der Waals surface area contributed by atoms with Gasteiger partial charge in [0.25, 0.3) is 0 Å². The number of carbonyl (C=O) groups excluding carboxylic acids is 2. The lowest BCUT2D eigenvalue weighted by atomic mass is 10.2. The molecule has 0 saturated carbocycles. The molecule has 0 aliphatic rings. The molecule has 2 aromatic rings. The molecule has 23 heavy (non-hydrogen) atoms. The largest absolute Gasteiger partial charge is 0.462 e. The van der Waals surface area contributed by atoms with E-state index >= 15 is 0 Å². The van der Waals surface area contributed by atoms with Crippen LogP contribution in [0.5, 0.6) is 0 Å². The van der Waals surface area contributed by atoms with Crippen LogP contribution in [0.15, 0.2) is 30.3 Å². The number of rotatable bonds is 5. The lowest BCUT2D eigenvalue weighted by Crippen LogP contribution is -2.07. The molecule has 5 nitrogen and oxygen atoms in total. The van der Waals surface area contributed by atoms with E-state index in [4.69, 9.17) is 16.3 Å². The number of carbonyl (C=O) groups is 2. The van der Waals surface area contributed by atoms with Crippen molar-refractivity contribution in [3.63, 3.8) is 0 Å². The monoisotopic (exact) mass is 350 g/mol. The molecule has 0 spiro atoms. The summed E-state index contributed by atoms with van der Waals surface area (Å²) in [4.78, 5) is 28.2. The third-order valence-corrected chi connectivity index (χ3v) is 4.09. The van der Waals surface area contributed by atoms with Crippen LogP contribution < -0.4 is 5.32 Å². The molecular weight excluding hydrogens is 336 g/mol. The van der Waals surface area contributed by atoms with Crippen LogP contribution in [0.2, 0.25) is 5.02 Å². The van der Waals surface area contributed by atoms with Gasteiger partial charge in [-0.3, -0.25) is 10.1 Å². The number of ether oxygens (including phenoxy) is 1. The maximum atomic E-state index is 11.9. The zero-order chi connectivity index (χ0) is 16.8. The van der Waals surface area contributed by atoms with E-state index in [1.165, 1.54) is 6.08 Å². The van der Waals surface area contributed by atoms with Crippen molar-refractivity contribution >= 4 is 46.0 Å². The van der Waals surface area contributed by atoms with Gasteiger partial charge in [0, 0.05) is 11.1 Å². The Morgan fingerprint density at radius 1 is 1.35 bits per heavy atom. The molecule has 0 fully saturated rings. The molecule has 0 aliphatic heterocycles. The fraction of sp³-hybridized carbons (Fsp3) is 0.188. The third-order valence-electron chi connectivity index (χ3n) is 2.78. The number of halogens is 1. The molecule has 0 bridgehead atoms. The van der Waals surface area contributed by atoms with Crippen LogP contribution >= 0.6 is 22.9 Å².